The van der Waals surface area contributed by atoms with E-state index in [0.29, 0.717) is 11.3 Å². The molecule has 1 aromatic heterocycles. The monoisotopic (exact) mass is 337 g/mol. The number of aryl methyl sites for hydroxylation is 2. The molecule has 0 aliphatic heterocycles. The quantitative estimate of drug-likeness (QED) is 0.687. The zero-order valence-corrected chi connectivity index (χ0v) is 13.0. The Kier molecular flexibility index (Phi) is 4.44. The van der Waals surface area contributed by atoms with Gasteiger partial charge in [0.25, 0.3) is 0 Å². The Balaban J connectivity index is 2.06. The van der Waals surface area contributed by atoms with Gasteiger partial charge in [-0.2, -0.15) is 5.10 Å². The van der Waals surface area contributed by atoms with Gasteiger partial charge in [-0.05, 0) is 54.0 Å². The van der Waals surface area contributed by atoms with Crippen LogP contribution in [0.1, 0.15) is 28.7 Å². The first-order valence-electron chi connectivity index (χ1n) is 6.26. The number of nitrogen functional groups attached to an aromatic ring is 1. The van der Waals surface area contributed by atoms with Gasteiger partial charge in [-0.15, -0.1) is 0 Å². The summed E-state index contributed by atoms with van der Waals surface area (Å²) in [5, 5.41) is 4.30. The molecule has 2 N–H and O–H groups in total. The van der Waals surface area contributed by atoms with Crippen LogP contribution in [0.25, 0.3) is 0 Å². The van der Waals surface area contributed by atoms with Crippen molar-refractivity contribution >= 4 is 27.6 Å². The Labute approximate surface area is 125 Å². The Hall–Kier alpha value is -1.82. The third-order valence-electron chi connectivity index (χ3n) is 2.87. The molecule has 0 aliphatic carbocycles. The van der Waals surface area contributed by atoms with Gasteiger partial charge in [-0.25, -0.2) is 4.79 Å². The van der Waals surface area contributed by atoms with Crippen LogP contribution in [0.5, 0.6) is 0 Å². The average Bonchev–Trinajstić information content (AvgIpc) is 2.79. The number of nitrogens with zero attached hydrogens (tertiary/aromatic N) is 2. The predicted octanol–water partition coefficient (Wildman–Crippen LogP) is 2.91. The molecule has 0 spiro atoms. The number of carbonyl (C=O) groups excluding carboxylic acids is 1. The summed E-state index contributed by atoms with van der Waals surface area (Å²) in [7, 11) is 0. The number of esters is 1. The minimum atomic E-state index is -0.397. The number of halogens is 1. The highest BCUT2D eigenvalue weighted by Crippen LogP contribution is 2.20. The normalized spacial score (nSPS) is 10.6. The molecule has 0 radical (unpaired) electrons. The minimum Gasteiger partial charge on any atom is -0.456 e. The first-order valence-corrected chi connectivity index (χ1v) is 7.06. The summed E-state index contributed by atoms with van der Waals surface area (Å²) in [5.41, 5.74) is 8.48. The fourth-order valence-corrected chi connectivity index (χ4v) is 2.13. The maximum absolute atomic E-state index is 12.0. The average molecular weight is 338 g/mol. The van der Waals surface area contributed by atoms with Crippen LogP contribution in [0, 0.1) is 6.92 Å². The number of nitrogens with two attached hydrogens (primary N) is 1. The molecule has 0 saturated heterocycles. The van der Waals surface area contributed by atoms with E-state index in [0.717, 1.165) is 22.4 Å². The van der Waals surface area contributed by atoms with Crippen molar-refractivity contribution in [2.24, 2.45) is 0 Å². The zero-order chi connectivity index (χ0) is 14.7. The Morgan fingerprint density at radius 2 is 2.20 bits per heavy atom. The lowest BCUT2D eigenvalue weighted by Gasteiger charge is -2.07. The van der Waals surface area contributed by atoms with Gasteiger partial charge in [0, 0.05) is 16.7 Å². The molecule has 6 heteroatoms. The highest BCUT2D eigenvalue weighted by Gasteiger charge is 2.11. The Morgan fingerprint density at radius 1 is 1.45 bits per heavy atom. The van der Waals surface area contributed by atoms with Crippen LogP contribution in [-0.4, -0.2) is 15.7 Å². The molecule has 0 saturated carbocycles. The molecule has 20 heavy (non-hydrogen) atoms. The van der Waals surface area contributed by atoms with Crippen molar-refractivity contribution in [3.05, 3.63) is 45.7 Å². The lowest BCUT2D eigenvalue weighted by molar-refractivity contribution is 0.0462. The molecular weight excluding hydrogens is 322 g/mol. The number of benzene rings is 1. The number of aromatic nitrogens is 2. The van der Waals surface area contributed by atoms with E-state index in [1.165, 1.54) is 0 Å². The van der Waals surface area contributed by atoms with Gasteiger partial charge in [-0.1, -0.05) is 0 Å². The van der Waals surface area contributed by atoms with Crippen molar-refractivity contribution < 1.29 is 9.53 Å². The molecule has 0 atom stereocenters. The highest BCUT2D eigenvalue weighted by atomic mass is 79.9. The molecule has 0 amide bonds. The fourth-order valence-electron chi connectivity index (χ4n) is 1.88. The number of carbonyl (C=O) groups is 1. The molecule has 2 aromatic rings. The summed E-state index contributed by atoms with van der Waals surface area (Å²) in [5.74, 6) is -0.397. The van der Waals surface area contributed by atoms with Crippen molar-refractivity contribution in [2.45, 2.75) is 27.0 Å². The summed E-state index contributed by atoms with van der Waals surface area (Å²) in [4.78, 5) is 12.0. The molecular formula is C14H16BrN3O2. The second-order valence-corrected chi connectivity index (χ2v) is 5.26. The second-order valence-electron chi connectivity index (χ2n) is 4.41. The minimum absolute atomic E-state index is 0.198. The molecule has 106 valence electrons. The fraction of sp³-hybridized carbons (Fsp3) is 0.286. The number of rotatable bonds is 4. The number of hydrogen-bond donors (Lipinski definition) is 1. The van der Waals surface area contributed by atoms with Crippen LogP contribution in [-0.2, 0) is 17.9 Å². The number of hydrogen-bond acceptors (Lipinski definition) is 4. The van der Waals surface area contributed by atoms with E-state index in [1.54, 1.807) is 18.2 Å². The third kappa shape index (κ3) is 3.19. The summed E-state index contributed by atoms with van der Waals surface area (Å²) >= 11 is 3.29. The molecule has 0 unspecified atom stereocenters. The van der Waals surface area contributed by atoms with Gasteiger partial charge < -0.3 is 10.5 Å². The van der Waals surface area contributed by atoms with E-state index in [1.807, 2.05) is 24.6 Å². The zero-order valence-electron chi connectivity index (χ0n) is 11.4. The highest BCUT2D eigenvalue weighted by molar-refractivity contribution is 9.10. The SMILES string of the molecule is CCn1nc(C)cc1COC(=O)c1ccc(Br)c(N)c1. The van der Waals surface area contributed by atoms with E-state index in [9.17, 15) is 4.79 Å². The Bertz CT molecular complexity index is 637. The molecule has 1 aromatic carbocycles. The summed E-state index contributed by atoms with van der Waals surface area (Å²) in [6.45, 7) is 4.84. The van der Waals surface area contributed by atoms with Crippen molar-refractivity contribution in [3.63, 3.8) is 0 Å². The molecule has 5 nitrogen and oxygen atoms in total. The smallest absolute Gasteiger partial charge is 0.338 e. The standard InChI is InChI=1S/C14H16BrN3O2/c1-3-18-11(6-9(2)17-18)8-20-14(19)10-4-5-12(15)13(16)7-10/h4-7H,3,8,16H2,1-2H3. The van der Waals surface area contributed by atoms with Crippen LogP contribution < -0.4 is 5.73 Å². The van der Waals surface area contributed by atoms with Crippen molar-refractivity contribution in [1.29, 1.82) is 0 Å². The second kappa shape index (κ2) is 6.09. The maximum atomic E-state index is 12.0. The van der Waals surface area contributed by atoms with Crippen LogP contribution in [0.15, 0.2) is 28.7 Å². The van der Waals surface area contributed by atoms with E-state index in [2.05, 4.69) is 21.0 Å². The Morgan fingerprint density at radius 3 is 2.85 bits per heavy atom. The van der Waals surface area contributed by atoms with Crippen molar-refractivity contribution in [1.82, 2.24) is 9.78 Å². The van der Waals surface area contributed by atoms with E-state index < -0.39 is 5.97 Å². The van der Waals surface area contributed by atoms with Gasteiger partial charge in [-0.3, -0.25) is 4.68 Å². The van der Waals surface area contributed by atoms with Crippen LogP contribution in [0.4, 0.5) is 5.69 Å². The summed E-state index contributed by atoms with van der Waals surface area (Å²) < 4.78 is 7.87. The topological polar surface area (TPSA) is 70.1 Å². The molecule has 0 bridgehead atoms. The lowest BCUT2D eigenvalue weighted by atomic mass is 10.2. The van der Waals surface area contributed by atoms with E-state index in [-0.39, 0.29) is 6.61 Å². The predicted molar refractivity (Wildman–Crippen MR) is 80.3 cm³/mol. The van der Waals surface area contributed by atoms with Gasteiger partial charge >= 0.3 is 5.97 Å². The van der Waals surface area contributed by atoms with Crippen LogP contribution in [0.3, 0.4) is 0 Å². The van der Waals surface area contributed by atoms with Gasteiger partial charge in [0.2, 0.25) is 0 Å². The van der Waals surface area contributed by atoms with Gasteiger partial charge in [0.05, 0.1) is 17.0 Å². The largest absolute Gasteiger partial charge is 0.456 e. The van der Waals surface area contributed by atoms with Crippen LogP contribution >= 0.6 is 15.9 Å². The molecule has 0 fully saturated rings. The first-order chi connectivity index (χ1) is 9.51. The number of ether oxygens (including phenoxy) is 1. The molecule has 1 heterocycles. The summed E-state index contributed by atoms with van der Waals surface area (Å²) in [6.07, 6.45) is 0. The summed E-state index contributed by atoms with van der Waals surface area (Å²) in [6, 6.07) is 6.90. The maximum Gasteiger partial charge on any atom is 0.338 e. The third-order valence-corrected chi connectivity index (χ3v) is 3.59. The molecule has 0 aliphatic rings. The van der Waals surface area contributed by atoms with Crippen molar-refractivity contribution in [3.8, 4) is 0 Å². The lowest BCUT2D eigenvalue weighted by Crippen LogP contribution is -2.09. The van der Waals surface area contributed by atoms with Crippen LogP contribution in [0.2, 0.25) is 0 Å². The molecule has 2 rings (SSSR count). The number of anilines is 1. The van der Waals surface area contributed by atoms with E-state index in [4.69, 9.17) is 10.5 Å². The van der Waals surface area contributed by atoms with Gasteiger partial charge in [0.15, 0.2) is 0 Å². The van der Waals surface area contributed by atoms with Crippen molar-refractivity contribution in [2.75, 3.05) is 5.73 Å². The van der Waals surface area contributed by atoms with Gasteiger partial charge in [0.1, 0.15) is 6.61 Å². The van der Waals surface area contributed by atoms with E-state index >= 15 is 0 Å². The first kappa shape index (κ1) is 14.6.